The molecule has 1 aliphatic carbocycles. The molecule has 35 heavy (non-hydrogen) atoms. The van der Waals surface area contributed by atoms with Gasteiger partial charge in [-0.3, -0.25) is 14.5 Å². The molecule has 3 rings (SSSR count). The van der Waals surface area contributed by atoms with E-state index in [1.54, 1.807) is 7.11 Å². The zero-order valence-electron chi connectivity index (χ0n) is 20.4. The van der Waals surface area contributed by atoms with Crippen molar-refractivity contribution in [1.82, 2.24) is 4.90 Å². The van der Waals surface area contributed by atoms with E-state index >= 15 is 0 Å². The summed E-state index contributed by atoms with van der Waals surface area (Å²) in [5.74, 6) is -0.867. The second-order valence-electron chi connectivity index (χ2n) is 9.23. The van der Waals surface area contributed by atoms with Crippen LogP contribution in [0.2, 0.25) is 0 Å². The number of methoxy groups -OCH3 is 1. The number of carboxylic acid groups (broad SMARTS) is 1. The summed E-state index contributed by atoms with van der Waals surface area (Å²) in [5, 5.41) is 11.4. The molecule has 0 saturated heterocycles. The van der Waals surface area contributed by atoms with Gasteiger partial charge in [0.05, 0.1) is 30.9 Å². The number of hydrogen-bond acceptors (Lipinski definition) is 8. The molecule has 0 bridgehead atoms. The van der Waals surface area contributed by atoms with Crippen molar-refractivity contribution < 1.29 is 24.2 Å². The Morgan fingerprint density at radius 3 is 2.54 bits per heavy atom. The third kappa shape index (κ3) is 7.67. The molecule has 0 aliphatic heterocycles. The van der Waals surface area contributed by atoms with Crippen LogP contribution in [-0.2, 0) is 14.3 Å². The first-order chi connectivity index (χ1) is 16.9. The topological polar surface area (TPSA) is 106 Å². The third-order valence-electron chi connectivity index (χ3n) is 6.65. The smallest absolute Gasteiger partial charge is 0.317 e. The predicted molar refractivity (Wildman–Crippen MR) is 138 cm³/mol. The average Bonchev–Trinajstić information content (AvgIpc) is 2.85. The molecule has 0 spiro atoms. The molecule has 0 aromatic heterocycles. The van der Waals surface area contributed by atoms with Crippen molar-refractivity contribution in [2.75, 3.05) is 33.4 Å². The number of carbonyl (C=O) groups is 2. The molecule has 1 fully saturated rings. The van der Waals surface area contributed by atoms with E-state index < -0.39 is 11.9 Å². The normalized spacial score (nSPS) is 16.1. The van der Waals surface area contributed by atoms with Crippen LogP contribution in [0.3, 0.4) is 0 Å². The van der Waals surface area contributed by atoms with Crippen LogP contribution in [0.25, 0.3) is 10.8 Å². The van der Waals surface area contributed by atoms with Crippen LogP contribution >= 0.6 is 11.9 Å². The van der Waals surface area contributed by atoms with Gasteiger partial charge in [0.2, 0.25) is 0 Å². The lowest BCUT2D eigenvalue weighted by atomic mass is 9.87. The molecular formula is C26H34N2O6S. The number of hydrogen-bond donors (Lipinski definition) is 1. The van der Waals surface area contributed by atoms with Crippen LogP contribution in [-0.4, -0.2) is 60.0 Å². The summed E-state index contributed by atoms with van der Waals surface area (Å²) in [4.78, 5) is 36.9. The number of ether oxygens (including phenoxy) is 2. The van der Waals surface area contributed by atoms with Crippen molar-refractivity contribution in [3.8, 4) is 5.75 Å². The summed E-state index contributed by atoms with van der Waals surface area (Å²) in [6, 6.07) is 11.7. The average molecular weight is 503 g/mol. The Balaban J connectivity index is 1.53. The van der Waals surface area contributed by atoms with Gasteiger partial charge in [0.15, 0.2) is 0 Å². The highest BCUT2D eigenvalue weighted by Crippen LogP contribution is 2.41. The SMILES string of the molecule is COc1ccc2cc([C@H](C)C(=O)OCCCN(CC(=O)O)CC3(SN=O)CCCCC3)ccc2c1. The molecule has 0 heterocycles. The molecule has 1 atom stereocenters. The zero-order valence-corrected chi connectivity index (χ0v) is 21.2. The van der Waals surface area contributed by atoms with Gasteiger partial charge in [-0.25, -0.2) is 0 Å². The molecule has 1 saturated carbocycles. The Labute approximate surface area is 210 Å². The number of fused-ring (bicyclic) bond motifs is 1. The first-order valence-corrected chi connectivity index (χ1v) is 12.8. The minimum absolute atomic E-state index is 0.118. The van der Waals surface area contributed by atoms with E-state index in [9.17, 15) is 19.6 Å². The highest BCUT2D eigenvalue weighted by atomic mass is 32.2. The molecule has 9 heteroatoms. The lowest BCUT2D eigenvalue weighted by Crippen LogP contribution is -2.44. The number of rotatable bonds is 13. The minimum Gasteiger partial charge on any atom is -0.497 e. The second-order valence-corrected chi connectivity index (χ2v) is 10.4. The van der Waals surface area contributed by atoms with Crippen LogP contribution in [0.4, 0.5) is 0 Å². The number of carboxylic acids is 1. The van der Waals surface area contributed by atoms with E-state index in [1.165, 1.54) is 0 Å². The summed E-state index contributed by atoms with van der Waals surface area (Å²) in [6.07, 6.45) is 5.37. The van der Waals surface area contributed by atoms with E-state index in [2.05, 4.69) is 4.58 Å². The number of carbonyl (C=O) groups excluding carboxylic acids is 1. The number of esters is 1. The fourth-order valence-electron chi connectivity index (χ4n) is 4.73. The monoisotopic (exact) mass is 502 g/mol. The highest BCUT2D eigenvalue weighted by molar-refractivity contribution is 7.99. The minimum atomic E-state index is -0.917. The molecule has 190 valence electrons. The van der Waals surface area contributed by atoms with E-state index in [4.69, 9.17) is 9.47 Å². The summed E-state index contributed by atoms with van der Waals surface area (Å²) < 4.78 is 13.5. The molecule has 2 aromatic rings. The highest BCUT2D eigenvalue weighted by Gasteiger charge is 2.36. The first-order valence-electron chi connectivity index (χ1n) is 12.0. The zero-order chi connectivity index (χ0) is 25.3. The Morgan fingerprint density at radius 1 is 1.14 bits per heavy atom. The number of benzene rings is 2. The van der Waals surface area contributed by atoms with Gasteiger partial charge in [-0.15, -0.1) is 4.91 Å². The van der Waals surface area contributed by atoms with Gasteiger partial charge in [0.1, 0.15) is 5.75 Å². The van der Waals surface area contributed by atoms with Crippen LogP contribution in [0.5, 0.6) is 5.75 Å². The summed E-state index contributed by atoms with van der Waals surface area (Å²) in [5.41, 5.74) is 0.873. The summed E-state index contributed by atoms with van der Waals surface area (Å²) in [6.45, 7) is 2.86. The predicted octanol–water partition coefficient (Wildman–Crippen LogP) is 5.39. The lowest BCUT2D eigenvalue weighted by Gasteiger charge is -2.37. The van der Waals surface area contributed by atoms with E-state index in [0.717, 1.165) is 66.1 Å². The summed E-state index contributed by atoms with van der Waals surface area (Å²) >= 11 is 1.05. The molecular weight excluding hydrogens is 468 g/mol. The van der Waals surface area contributed by atoms with Crippen molar-refractivity contribution in [3.63, 3.8) is 0 Å². The quantitative estimate of drug-likeness (QED) is 0.168. The van der Waals surface area contributed by atoms with E-state index in [1.807, 2.05) is 48.2 Å². The second kappa shape index (κ2) is 12.9. The van der Waals surface area contributed by atoms with Gasteiger partial charge in [0.25, 0.3) is 0 Å². The van der Waals surface area contributed by atoms with Gasteiger partial charge in [0, 0.05) is 29.6 Å². The summed E-state index contributed by atoms with van der Waals surface area (Å²) in [7, 11) is 1.63. The Morgan fingerprint density at radius 2 is 1.86 bits per heavy atom. The van der Waals surface area contributed by atoms with Crippen LogP contribution in [0.1, 0.15) is 56.9 Å². The molecule has 2 aromatic carbocycles. The Bertz CT molecular complexity index is 1020. The van der Waals surface area contributed by atoms with Crippen molar-refractivity contribution in [2.45, 2.75) is 56.1 Å². The standard InChI is InChI=1S/C26H34N2O6S/c1-19(20-7-8-22-16-23(33-2)10-9-21(22)15-20)25(31)34-14-6-13-28(17-24(29)30)18-26(35-27-32)11-4-3-5-12-26/h7-10,15-16,19H,3-6,11-14,17-18H2,1-2H3,(H,29,30)/t19-/m0/s1. The van der Waals surface area contributed by atoms with Crippen molar-refractivity contribution >= 4 is 34.7 Å². The van der Waals surface area contributed by atoms with Gasteiger partial charge >= 0.3 is 11.9 Å². The maximum Gasteiger partial charge on any atom is 0.317 e. The number of nitroso groups, excluding NO2 is 1. The maximum absolute atomic E-state index is 12.7. The molecule has 0 amide bonds. The first kappa shape index (κ1) is 26.9. The van der Waals surface area contributed by atoms with Crippen molar-refractivity contribution in [1.29, 1.82) is 0 Å². The van der Waals surface area contributed by atoms with Gasteiger partial charge in [-0.05, 0) is 54.7 Å². The Hall–Kier alpha value is -2.65. The van der Waals surface area contributed by atoms with Gasteiger partial charge in [-0.1, -0.05) is 43.5 Å². The van der Waals surface area contributed by atoms with Crippen LogP contribution < -0.4 is 4.74 Å². The molecule has 1 N–H and O–H groups in total. The lowest BCUT2D eigenvalue weighted by molar-refractivity contribution is -0.145. The fourth-order valence-corrected chi connectivity index (χ4v) is 5.60. The molecule has 8 nitrogen and oxygen atoms in total. The Kier molecular flexibility index (Phi) is 9.92. The van der Waals surface area contributed by atoms with Gasteiger partial charge in [-0.2, -0.15) is 0 Å². The molecule has 0 radical (unpaired) electrons. The van der Waals surface area contributed by atoms with Gasteiger partial charge < -0.3 is 14.6 Å². The molecule has 0 unspecified atom stereocenters. The number of nitrogens with zero attached hydrogens (tertiary/aromatic N) is 2. The molecule has 1 aliphatic rings. The van der Waals surface area contributed by atoms with E-state index in [-0.39, 0.29) is 23.9 Å². The van der Waals surface area contributed by atoms with E-state index in [0.29, 0.717) is 19.5 Å². The fraction of sp³-hybridized carbons (Fsp3) is 0.538. The number of aliphatic carboxylic acids is 1. The third-order valence-corrected chi connectivity index (χ3v) is 7.65. The van der Waals surface area contributed by atoms with Crippen LogP contribution in [0.15, 0.2) is 41.0 Å². The van der Waals surface area contributed by atoms with Crippen molar-refractivity contribution in [2.24, 2.45) is 4.58 Å². The van der Waals surface area contributed by atoms with Crippen molar-refractivity contribution in [3.05, 3.63) is 46.9 Å². The maximum atomic E-state index is 12.7. The van der Waals surface area contributed by atoms with Crippen LogP contribution in [0, 0.1) is 4.91 Å². The largest absolute Gasteiger partial charge is 0.497 e.